The average molecular weight is 413 g/mol. The van der Waals surface area contributed by atoms with Crippen LogP contribution in [-0.2, 0) is 16.0 Å². The van der Waals surface area contributed by atoms with Crippen LogP contribution in [0, 0.1) is 11.3 Å². The van der Waals surface area contributed by atoms with Gasteiger partial charge in [0.1, 0.15) is 11.6 Å². The molecule has 1 aliphatic rings. The molecule has 7 nitrogen and oxygen atoms in total. The summed E-state index contributed by atoms with van der Waals surface area (Å²) in [6, 6.07) is 4.18. The molecule has 28 heavy (non-hydrogen) atoms. The van der Waals surface area contributed by atoms with Crippen molar-refractivity contribution in [2.75, 3.05) is 24.2 Å². The highest BCUT2D eigenvalue weighted by Crippen LogP contribution is 2.37. The van der Waals surface area contributed by atoms with Crippen LogP contribution in [0.15, 0.2) is 23.2 Å². The minimum absolute atomic E-state index is 0.0126. The van der Waals surface area contributed by atoms with Gasteiger partial charge in [-0.05, 0) is 25.0 Å². The van der Waals surface area contributed by atoms with E-state index in [2.05, 4.69) is 10.1 Å². The smallest absolute Gasteiger partial charge is 0.355 e. The monoisotopic (exact) mass is 413 g/mol. The molecule has 0 spiro atoms. The Morgan fingerprint density at radius 3 is 2.25 bits per heavy atom. The Morgan fingerprint density at radius 2 is 1.79 bits per heavy atom. The Balaban J connectivity index is 2.19. The van der Waals surface area contributed by atoms with Crippen LogP contribution in [0.5, 0.6) is 0 Å². The van der Waals surface area contributed by atoms with Crippen LogP contribution in [0.2, 0.25) is 0 Å². The molecule has 150 valence electrons. The summed E-state index contributed by atoms with van der Waals surface area (Å²) in [5.74, 6) is 0.0509. The molecule has 11 heteroatoms. The summed E-state index contributed by atoms with van der Waals surface area (Å²) in [5.41, 5.74) is -1.83. The fraction of sp³-hybridized carbons (Fsp3) is 0.471. The Bertz CT molecular complexity index is 999. The van der Waals surface area contributed by atoms with Crippen molar-refractivity contribution in [1.29, 1.82) is 5.26 Å². The van der Waals surface area contributed by atoms with Crippen LogP contribution in [0.25, 0.3) is 5.82 Å². The fourth-order valence-corrected chi connectivity index (χ4v) is 3.72. The molecule has 0 radical (unpaired) electrons. The van der Waals surface area contributed by atoms with Gasteiger partial charge in [0, 0.05) is 25.5 Å². The van der Waals surface area contributed by atoms with Gasteiger partial charge in [0.25, 0.3) is 0 Å². The molecule has 1 aliphatic heterocycles. The molecule has 0 aromatic carbocycles. The second kappa shape index (κ2) is 7.43. The first-order valence-corrected chi connectivity index (χ1v) is 10.5. The number of aromatic nitrogens is 3. The average Bonchev–Trinajstić information content (AvgIpc) is 2.82. The Labute approximate surface area is 160 Å². The zero-order chi connectivity index (χ0) is 20.5. The molecule has 2 aromatic heterocycles. The van der Waals surface area contributed by atoms with E-state index in [1.807, 2.05) is 0 Å². The molecular formula is C17H18F3N5O2S. The molecule has 1 saturated heterocycles. The zero-order valence-electron chi connectivity index (χ0n) is 15.1. The second-order valence-corrected chi connectivity index (χ2v) is 8.61. The van der Waals surface area contributed by atoms with Crippen LogP contribution in [0.3, 0.4) is 0 Å². The molecule has 2 aromatic rings. The maximum absolute atomic E-state index is 13.5. The van der Waals surface area contributed by atoms with Gasteiger partial charge in [0.2, 0.25) is 0 Å². The van der Waals surface area contributed by atoms with Gasteiger partial charge >= 0.3 is 6.18 Å². The highest BCUT2D eigenvalue weighted by atomic mass is 32.2. The van der Waals surface area contributed by atoms with E-state index in [9.17, 15) is 26.9 Å². The molecule has 3 heterocycles. The van der Waals surface area contributed by atoms with E-state index in [4.69, 9.17) is 0 Å². The molecule has 0 aliphatic carbocycles. The van der Waals surface area contributed by atoms with Gasteiger partial charge in [0.05, 0.1) is 4.90 Å². The van der Waals surface area contributed by atoms with Gasteiger partial charge in [-0.25, -0.2) is 13.4 Å². The Morgan fingerprint density at radius 1 is 1.14 bits per heavy atom. The van der Waals surface area contributed by atoms with Crippen LogP contribution >= 0.6 is 0 Å². The molecule has 1 fully saturated rings. The summed E-state index contributed by atoms with van der Waals surface area (Å²) in [7, 11) is -3.50. The fourth-order valence-electron chi connectivity index (χ4n) is 3.16. The maximum Gasteiger partial charge on any atom is 0.436 e. The summed E-state index contributed by atoms with van der Waals surface area (Å²) < 4.78 is 64.6. The number of hydrogen-bond acceptors (Lipinski definition) is 6. The highest BCUT2D eigenvalue weighted by Gasteiger charge is 2.41. The first kappa shape index (κ1) is 20.1. The van der Waals surface area contributed by atoms with E-state index >= 15 is 0 Å². The topological polar surface area (TPSA) is 91.9 Å². The van der Waals surface area contributed by atoms with E-state index in [-0.39, 0.29) is 16.5 Å². The summed E-state index contributed by atoms with van der Waals surface area (Å²) >= 11 is 0. The van der Waals surface area contributed by atoms with Crippen molar-refractivity contribution >= 4 is 15.7 Å². The lowest BCUT2D eigenvalue weighted by Gasteiger charge is -2.23. The van der Waals surface area contributed by atoms with Crippen molar-refractivity contribution in [3.05, 3.63) is 29.6 Å². The number of halogens is 3. The lowest BCUT2D eigenvalue weighted by Crippen LogP contribution is -2.27. The molecule has 0 N–H and O–H groups in total. The van der Waals surface area contributed by atoms with Crippen molar-refractivity contribution < 1.29 is 21.6 Å². The van der Waals surface area contributed by atoms with Crippen molar-refractivity contribution in [3.8, 4) is 11.9 Å². The van der Waals surface area contributed by atoms with E-state index in [1.165, 1.54) is 12.1 Å². The number of pyridine rings is 1. The SMILES string of the molecule is CS(=O)(=O)c1ccc(-n2nc(C(F)(F)F)c(C#N)c2N2CCCCCC2)nc1. The van der Waals surface area contributed by atoms with Crippen molar-refractivity contribution in [2.45, 2.75) is 36.8 Å². The Kier molecular flexibility index (Phi) is 5.34. The van der Waals surface area contributed by atoms with E-state index < -0.39 is 27.3 Å². The predicted molar refractivity (Wildman–Crippen MR) is 94.9 cm³/mol. The molecule has 3 rings (SSSR count). The maximum atomic E-state index is 13.5. The normalized spacial score (nSPS) is 15.9. The van der Waals surface area contributed by atoms with Gasteiger partial charge in [-0.1, -0.05) is 12.8 Å². The van der Waals surface area contributed by atoms with Gasteiger partial charge < -0.3 is 4.90 Å². The third kappa shape index (κ3) is 3.96. The van der Waals surface area contributed by atoms with Crippen molar-refractivity contribution in [3.63, 3.8) is 0 Å². The number of nitrogens with zero attached hydrogens (tertiary/aromatic N) is 5. The van der Waals surface area contributed by atoms with Crippen LogP contribution in [0.1, 0.15) is 36.9 Å². The summed E-state index contributed by atoms with van der Waals surface area (Å²) in [4.78, 5) is 5.65. The minimum Gasteiger partial charge on any atom is -0.355 e. The molecule has 0 atom stereocenters. The molecular weight excluding hydrogens is 395 g/mol. The predicted octanol–water partition coefficient (Wildman–Crippen LogP) is 2.94. The van der Waals surface area contributed by atoms with Crippen molar-refractivity contribution in [2.24, 2.45) is 0 Å². The van der Waals surface area contributed by atoms with Crippen LogP contribution in [0.4, 0.5) is 19.0 Å². The molecule has 0 bridgehead atoms. The lowest BCUT2D eigenvalue weighted by atomic mass is 10.2. The lowest BCUT2D eigenvalue weighted by molar-refractivity contribution is -0.141. The quantitative estimate of drug-likeness (QED) is 0.768. The Hall–Kier alpha value is -2.61. The number of nitriles is 1. The van der Waals surface area contributed by atoms with Crippen molar-refractivity contribution in [1.82, 2.24) is 14.8 Å². The largest absolute Gasteiger partial charge is 0.436 e. The standard InChI is InChI=1S/C17H18F3N5O2S/c1-28(26,27)12-6-7-14(22-11-12)25-16(24-8-4-2-3-5-9-24)13(10-21)15(23-25)17(18,19)20/h6-7,11H,2-5,8-9H2,1H3. The molecule has 0 unspecified atom stereocenters. The van der Waals surface area contributed by atoms with E-state index in [1.54, 1.807) is 11.0 Å². The van der Waals surface area contributed by atoms with E-state index in [0.29, 0.717) is 13.1 Å². The van der Waals surface area contributed by atoms with Crippen LogP contribution in [-0.4, -0.2) is 42.5 Å². The number of anilines is 1. The number of alkyl halides is 3. The van der Waals surface area contributed by atoms with Gasteiger partial charge in [-0.15, -0.1) is 0 Å². The summed E-state index contributed by atoms with van der Waals surface area (Å²) in [6.45, 7) is 0.998. The van der Waals surface area contributed by atoms with Gasteiger partial charge in [-0.2, -0.15) is 28.2 Å². The van der Waals surface area contributed by atoms with Gasteiger partial charge in [0.15, 0.2) is 27.2 Å². The second-order valence-electron chi connectivity index (χ2n) is 6.59. The number of sulfone groups is 1. The first-order chi connectivity index (χ1) is 13.1. The molecule has 0 saturated carbocycles. The highest BCUT2D eigenvalue weighted by molar-refractivity contribution is 7.90. The third-order valence-electron chi connectivity index (χ3n) is 4.51. The minimum atomic E-state index is -4.80. The number of hydrogen-bond donors (Lipinski definition) is 0. The zero-order valence-corrected chi connectivity index (χ0v) is 15.9. The third-order valence-corrected chi connectivity index (χ3v) is 5.61. The molecule has 0 amide bonds. The van der Waals surface area contributed by atoms with Gasteiger partial charge in [-0.3, -0.25) is 0 Å². The first-order valence-electron chi connectivity index (χ1n) is 8.64. The summed E-state index contributed by atoms with van der Waals surface area (Å²) in [6.07, 6.45) is 0.771. The van der Waals surface area contributed by atoms with Crippen LogP contribution < -0.4 is 4.90 Å². The number of rotatable bonds is 3. The summed E-state index contributed by atoms with van der Waals surface area (Å²) in [5, 5.41) is 13.1. The van der Waals surface area contributed by atoms with E-state index in [0.717, 1.165) is 42.8 Å².